The molecule has 0 saturated heterocycles. The number of amides is 1. The molecule has 9 heteroatoms. The number of ether oxygens (including phenoxy) is 2. The van der Waals surface area contributed by atoms with Crippen molar-refractivity contribution in [1.29, 1.82) is 0 Å². The van der Waals surface area contributed by atoms with Gasteiger partial charge in [0.25, 0.3) is 0 Å². The highest BCUT2D eigenvalue weighted by Gasteiger charge is 2.23. The van der Waals surface area contributed by atoms with Crippen LogP contribution < -0.4 is 9.50 Å². The molecular weight excluding hydrogens is 506 g/mol. The Morgan fingerprint density at radius 1 is 0.868 bits per heavy atom. The first-order valence-corrected chi connectivity index (χ1v) is 13.6. The fourth-order valence-electron chi connectivity index (χ4n) is 3.49. The first-order chi connectivity index (χ1) is 17.9. The number of rotatable bonds is 10. The molecule has 3 aromatic carbocycles. The van der Waals surface area contributed by atoms with E-state index in [0.29, 0.717) is 0 Å². The highest BCUT2D eigenvalue weighted by molar-refractivity contribution is 7.87. The molecule has 1 unspecified atom stereocenters. The molecule has 0 aliphatic rings. The topological polar surface area (TPSA) is 108 Å². The second-order valence-electron chi connectivity index (χ2n) is 9.89. The van der Waals surface area contributed by atoms with Crippen molar-refractivity contribution in [3.8, 4) is 5.75 Å². The summed E-state index contributed by atoms with van der Waals surface area (Å²) >= 11 is 0. The van der Waals surface area contributed by atoms with Crippen molar-refractivity contribution in [3.05, 3.63) is 95.6 Å². The second kappa shape index (κ2) is 12.6. The molecule has 1 amide bonds. The van der Waals surface area contributed by atoms with Gasteiger partial charge in [0.1, 0.15) is 22.9 Å². The first kappa shape index (κ1) is 28.7. The van der Waals surface area contributed by atoms with E-state index in [0.717, 1.165) is 16.7 Å². The molecule has 0 fully saturated rings. The summed E-state index contributed by atoms with van der Waals surface area (Å²) in [5, 5.41) is 2.74. The van der Waals surface area contributed by atoms with Gasteiger partial charge in [-0.1, -0.05) is 60.2 Å². The van der Waals surface area contributed by atoms with Crippen LogP contribution in [0.15, 0.2) is 83.8 Å². The Bertz CT molecular complexity index is 1310. The lowest BCUT2D eigenvalue weighted by atomic mass is 10.0. The minimum Gasteiger partial charge on any atom is -0.461 e. The molecule has 3 rings (SSSR count). The maximum Gasteiger partial charge on any atom is 0.407 e. The van der Waals surface area contributed by atoms with Gasteiger partial charge in [-0.05, 0) is 69.5 Å². The van der Waals surface area contributed by atoms with Crippen molar-refractivity contribution in [1.82, 2.24) is 5.32 Å². The van der Waals surface area contributed by atoms with Gasteiger partial charge in [-0.2, -0.15) is 8.42 Å². The van der Waals surface area contributed by atoms with Crippen LogP contribution in [0.3, 0.4) is 0 Å². The largest absolute Gasteiger partial charge is 0.461 e. The van der Waals surface area contributed by atoms with Gasteiger partial charge in [0.05, 0.1) is 6.42 Å². The molecule has 0 aromatic heterocycles. The van der Waals surface area contributed by atoms with E-state index in [1.807, 2.05) is 37.3 Å². The van der Waals surface area contributed by atoms with Crippen LogP contribution >= 0.6 is 0 Å². The Hall–Kier alpha value is -3.85. The molecule has 0 aliphatic heterocycles. The number of nitrogens with one attached hydrogen (secondary N) is 1. The molecule has 0 radical (unpaired) electrons. The maximum atomic E-state index is 12.6. The number of carbonyl (C=O) groups excluding carboxylic acids is 2. The number of aryl methyl sites for hydroxylation is 1. The van der Waals surface area contributed by atoms with Gasteiger partial charge in [0, 0.05) is 6.04 Å². The highest BCUT2D eigenvalue weighted by atomic mass is 32.2. The van der Waals surface area contributed by atoms with E-state index < -0.39 is 33.8 Å². The summed E-state index contributed by atoms with van der Waals surface area (Å²) in [6.45, 7) is 7.24. The summed E-state index contributed by atoms with van der Waals surface area (Å²) in [6.07, 6.45) is -0.445. The monoisotopic (exact) mass is 539 g/mol. The first-order valence-electron chi connectivity index (χ1n) is 12.2. The third-order valence-corrected chi connectivity index (χ3v) is 6.56. The van der Waals surface area contributed by atoms with E-state index in [-0.39, 0.29) is 30.1 Å². The molecule has 0 heterocycles. The van der Waals surface area contributed by atoms with Crippen molar-refractivity contribution >= 4 is 22.2 Å². The van der Waals surface area contributed by atoms with Crippen LogP contribution in [0.1, 0.15) is 43.9 Å². The summed E-state index contributed by atoms with van der Waals surface area (Å²) in [5.41, 5.74) is 1.84. The molecule has 0 spiro atoms. The molecular formula is C29H33NO7S. The molecule has 3 aromatic rings. The fourth-order valence-corrected chi connectivity index (χ4v) is 4.42. The van der Waals surface area contributed by atoms with Crippen LogP contribution in [0, 0.1) is 6.92 Å². The van der Waals surface area contributed by atoms with E-state index >= 15 is 0 Å². The van der Waals surface area contributed by atoms with Crippen LogP contribution in [-0.4, -0.2) is 32.1 Å². The maximum absolute atomic E-state index is 12.6. The van der Waals surface area contributed by atoms with E-state index in [2.05, 4.69) is 5.32 Å². The molecule has 38 heavy (non-hydrogen) atoms. The van der Waals surface area contributed by atoms with Crippen molar-refractivity contribution in [3.63, 3.8) is 0 Å². The van der Waals surface area contributed by atoms with Gasteiger partial charge in [0.2, 0.25) is 0 Å². The molecule has 202 valence electrons. The number of benzene rings is 3. The van der Waals surface area contributed by atoms with Crippen LogP contribution in [0.5, 0.6) is 5.75 Å². The van der Waals surface area contributed by atoms with Crippen LogP contribution in [0.4, 0.5) is 4.79 Å². The molecule has 8 nitrogen and oxygen atoms in total. The molecule has 0 bridgehead atoms. The Labute approximate surface area is 224 Å². The minimum atomic E-state index is -3.98. The lowest BCUT2D eigenvalue weighted by molar-refractivity contribution is -0.145. The van der Waals surface area contributed by atoms with Gasteiger partial charge < -0.3 is 19.0 Å². The Balaban J connectivity index is 1.66. The number of carbonyl (C=O) groups is 2. The average Bonchev–Trinajstić information content (AvgIpc) is 2.83. The van der Waals surface area contributed by atoms with Gasteiger partial charge in [0.15, 0.2) is 0 Å². The van der Waals surface area contributed by atoms with Crippen LogP contribution in [0.25, 0.3) is 0 Å². The zero-order valence-electron chi connectivity index (χ0n) is 22.0. The zero-order valence-corrected chi connectivity index (χ0v) is 22.8. The molecule has 0 aliphatic carbocycles. The number of esters is 1. The van der Waals surface area contributed by atoms with E-state index in [1.165, 1.54) is 24.3 Å². The van der Waals surface area contributed by atoms with Crippen LogP contribution in [-0.2, 0) is 37.4 Å². The van der Waals surface area contributed by atoms with Crippen molar-refractivity contribution in [2.75, 3.05) is 0 Å². The molecule has 0 saturated carbocycles. The van der Waals surface area contributed by atoms with Gasteiger partial charge in [-0.25, -0.2) is 4.79 Å². The van der Waals surface area contributed by atoms with E-state index in [1.54, 1.807) is 45.0 Å². The predicted octanol–water partition coefficient (Wildman–Crippen LogP) is 5.33. The number of alkyl carbamates (subject to hydrolysis) is 1. The zero-order chi connectivity index (χ0) is 27.8. The second-order valence-corrected chi connectivity index (χ2v) is 11.4. The third kappa shape index (κ3) is 9.55. The fraction of sp³-hybridized carbons (Fsp3) is 0.310. The SMILES string of the molecule is Cc1ccc(S(=O)(=O)Oc2ccc(CC(CC(=O)OCc3ccccc3)NC(=O)OC(C)(C)C)cc2)cc1. The van der Waals surface area contributed by atoms with E-state index in [9.17, 15) is 18.0 Å². The van der Waals surface area contributed by atoms with Crippen molar-refractivity contribution in [2.24, 2.45) is 0 Å². The Morgan fingerprint density at radius 3 is 2.11 bits per heavy atom. The summed E-state index contributed by atoms with van der Waals surface area (Å²) < 4.78 is 41.1. The summed E-state index contributed by atoms with van der Waals surface area (Å²) in [7, 11) is -3.98. The van der Waals surface area contributed by atoms with Gasteiger partial charge >= 0.3 is 22.2 Å². The van der Waals surface area contributed by atoms with E-state index in [4.69, 9.17) is 13.7 Å². The summed E-state index contributed by atoms with van der Waals surface area (Å²) in [5.74, 6) is -0.327. The Kier molecular flexibility index (Phi) is 9.52. The summed E-state index contributed by atoms with van der Waals surface area (Å²) in [4.78, 5) is 25.0. The standard InChI is InChI=1S/C29H33NO7S/c1-21-10-16-26(17-11-21)38(33,34)37-25-14-12-22(13-15-25)18-24(30-28(32)36-29(2,3)4)19-27(31)35-20-23-8-6-5-7-9-23/h5-17,24H,18-20H2,1-4H3,(H,30,32). The normalized spacial score (nSPS) is 12.3. The number of hydrogen-bond donors (Lipinski definition) is 1. The third-order valence-electron chi connectivity index (χ3n) is 5.30. The quantitative estimate of drug-likeness (QED) is 0.274. The van der Waals surface area contributed by atoms with Crippen molar-refractivity contribution < 1.29 is 31.7 Å². The average molecular weight is 540 g/mol. The van der Waals surface area contributed by atoms with Gasteiger partial charge in [-0.15, -0.1) is 0 Å². The highest BCUT2D eigenvalue weighted by Crippen LogP contribution is 2.21. The van der Waals surface area contributed by atoms with Gasteiger partial charge in [-0.3, -0.25) is 4.79 Å². The molecule has 1 N–H and O–H groups in total. The van der Waals surface area contributed by atoms with Crippen molar-refractivity contribution in [2.45, 2.75) is 63.7 Å². The molecule has 1 atom stereocenters. The number of hydrogen-bond acceptors (Lipinski definition) is 7. The predicted molar refractivity (Wildman–Crippen MR) is 143 cm³/mol. The summed E-state index contributed by atoms with van der Waals surface area (Å²) in [6, 6.07) is 21.5. The smallest absolute Gasteiger partial charge is 0.407 e. The lowest BCUT2D eigenvalue weighted by Crippen LogP contribution is -2.41. The Morgan fingerprint density at radius 2 is 1.50 bits per heavy atom. The minimum absolute atomic E-state index is 0.0582. The van der Waals surface area contributed by atoms with Crippen LogP contribution in [0.2, 0.25) is 0 Å². The lowest BCUT2D eigenvalue weighted by Gasteiger charge is -2.23.